The smallest absolute Gasteiger partial charge is 0.358 e. The van der Waals surface area contributed by atoms with Crippen LogP contribution in [0.15, 0.2) is 12.4 Å². The minimum absolute atomic E-state index is 0.0524. The first kappa shape index (κ1) is 10.9. The molecule has 5 nitrogen and oxygen atoms in total. The molecule has 0 amide bonds. The second-order valence-corrected chi connectivity index (χ2v) is 4.23. The fraction of sp³-hybridized carbons (Fsp3) is 0.545. The lowest BCUT2D eigenvalue weighted by molar-refractivity contribution is 0.0690. The Morgan fingerprint density at radius 1 is 1.50 bits per heavy atom. The van der Waals surface area contributed by atoms with E-state index in [-0.39, 0.29) is 5.69 Å². The molecule has 16 heavy (non-hydrogen) atoms. The fourth-order valence-corrected chi connectivity index (χ4v) is 2.09. The Morgan fingerprint density at radius 2 is 2.25 bits per heavy atom. The van der Waals surface area contributed by atoms with Crippen LogP contribution in [0.1, 0.15) is 30.3 Å². The lowest BCUT2D eigenvalue weighted by Gasteiger charge is -2.32. The Morgan fingerprint density at radius 3 is 2.94 bits per heavy atom. The molecule has 1 atom stereocenters. The van der Waals surface area contributed by atoms with E-state index < -0.39 is 5.97 Å². The van der Waals surface area contributed by atoms with Gasteiger partial charge in [0.05, 0.1) is 0 Å². The number of aromatic nitrogens is 2. The van der Waals surface area contributed by atoms with Gasteiger partial charge in [0.1, 0.15) is 0 Å². The van der Waals surface area contributed by atoms with Crippen molar-refractivity contribution in [3.05, 3.63) is 18.1 Å². The van der Waals surface area contributed by atoms with Crippen molar-refractivity contribution in [1.29, 1.82) is 0 Å². The van der Waals surface area contributed by atoms with Gasteiger partial charge in [0.15, 0.2) is 11.5 Å². The van der Waals surface area contributed by atoms with Gasteiger partial charge in [-0.25, -0.2) is 14.8 Å². The number of carboxylic acid groups (broad SMARTS) is 1. The highest BCUT2D eigenvalue weighted by molar-refractivity contribution is 5.90. The number of rotatable bonds is 2. The van der Waals surface area contributed by atoms with Crippen LogP contribution in [0.5, 0.6) is 0 Å². The summed E-state index contributed by atoms with van der Waals surface area (Å²) >= 11 is 0. The van der Waals surface area contributed by atoms with Crippen molar-refractivity contribution in [3.63, 3.8) is 0 Å². The number of hydrogen-bond donors (Lipinski definition) is 1. The molecular formula is C11H15N3O2. The van der Waals surface area contributed by atoms with Gasteiger partial charge in [-0.1, -0.05) is 6.92 Å². The van der Waals surface area contributed by atoms with Crippen LogP contribution in [0.25, 0.3) is 0 Å². The first-order valence-electron chi connectivity index (χ1n) is 5.47. The van der Waals surface area contributed by atoms with E-state index in [9.17, 15) is 4.79 Å². The predicted molar refractivity (Wildman–Crippen MR) is 59.6 cm³/mol. The van der Waals surface area contributed by atoms with Gasteiger partial charge in [-0.15, -0.1) is 0 Å². The van der Waals surface area contributed by atoms with Crippen LogP contribution >= 0.6 is 0 Å². The number of hydrogen-bond acceptors (Lipinski definition) is 4. The van der Waals surface area contributed by atoms with Gasteiger partial charge in [0, 0.05) is 25.5 Å². The van der Waals surface area contributed by atoms with E-state index in [4.69, 9.17) is 5.11 Å². The summed E-state index contributed by atoms with van der Waals surface area (Å²) in [6, 6.07) is 0. The first-order chi connectivity index (χ1) is 7.68. The molecule has 1 aliphatic rings. The van der Waals surface area contributed by atoms with Gasteiger partial charge in [-0.3, -0.25) is 0 Å². The maximum Gasteiger partial charge on any atom is 0.358 e. The van der Waals surface area contributed by atoms with E-state index in [0.29, 0.717) is 11.7 Å². The lowest BCUT2D eigenvalue weighted by Crippen LogP contribution is -2.36. The summed E-state index contributed by atoms with van der Waals surface area (Å²) in [5, 5.41) is 9.03. The molecule has 1 fully saturated rings. The zero-order valence-electron chi connectivity index (χ0n) is 9.26. The predicted octanol–water partition coefficient (Wildman–Crippen LogP) is 1.41. The van der Waals surface area contributed by atoms with Gasteiger partial charge in [-0.2, -0.15) is 0 Å². The summed E-state index contributed by atoms with van der Waals surface area (Å²) in [6.07, 6.45) is 5.23. The highest BCUT2D eigenvalue weighted by atomic mass is 16.4. The average Bonchev–Trinajstić information content (AvgIpc) is 2.29. The van der Waals surface area contributed by atoms with Crippen molar-refractivity contribution < 1.29 is 9.90 Å². The van der Waals surface area contributed by atoms with Crippen LogP contribution in [0.4, 0.5) is 5.82 Å². The van der Waals surface area contributed by atoms with Crippen molar-refractivity contribution in [2.75, 3.05) is 18.0 Å². The zero-order chi connectivity index (χ0) is 11.5. The Labute approximate surface area is 94.1 Å². The number of carbonyl (C=O) groups is 1. The number of nitrogens with zero attached hydrogens (tertiary/aromatic N) is 3. The molecule has 5 heteroatoms. The average molecular weight is 221 g/mol. The number of anilines is 1. The molecule has 0 aromatic carbocycles. The van der Waals surface area contributed by atoms with Crippen molar-refractivity contribution in [2.24, 2.45) is 5.92 Å². The van der Waals surface area contributed by atoms with Crippen molar-refractivity contribution in [3.8, 4) is 0 Å². The number of carboxylic acids is 1. The largest absolute Gasteiger partial charge is 0.476 e. The quantitative estimate of drug-likeness (QED) is 0.817. The molecule has 1 saturated heterocycles. The van der Waals surface area contributed by atoms with Crippen LogP contribution in [0.2, 0.25) is 0 Å². The molecule has 0 radical (unpaired) electrons. The Balaban J connectivity index is 2.28. The topological polar surface area (TPSA) is 66.3 Å². The molecule has 1 aromatic rings. The molecule has 2 heterocycles. The normalized spacial score (nSPS) is 20.8. The fourth-order valence-electron chi connectivity index (χ4n) is 2.09. The number of piperidine rings is 1. The third kappa shape index (κ3) is 2.13. The molecule has 86 valence electrons. The molecule has 1 unspecified atom stereocenters. The van der Waals surface area contributed by atoms with Gasteiger partial charge >= 0.3 is 5.97 Å². The van der Waals surface area contributed by atoms with Gasteiger partial charge in [-0.05, 0) is 18.8 Å². The van der Waals surface area contributed by atoms with Crippen LogP contribution < -0.4 is 4.90 Å². The third-order valence-electron chi connectivity index (χ3n) is 2.84. The van der Waals surface area contributed by atoms with Gasteiger partial charge in [0.2, 0.25) is 0 Å². The second kappa shape index (κ2) is 4.47. The summed E-state index contributed by atoms with van der Waals surface area (Å²) in [6.45, 7) is 3.89. The highest BCUT2D eigenvalue weighted by Crippen LogP contribution is 2.22. The van der Waals surface area contributed by atoms with Crippen molar-refractivity contribution >= 4 is 11.8 Å². The Kier molecular flexibility index (Phi) is 3.03. The van der Waals surface area contributed by atoms with Crippen molar-refractivity contribution in [1.82, 2.24) is 9.97 Å². The molecule has 2 rings (SSSR count). The molecule has 0 aliphatic carbocycles. The standard InChI is InChI=1S/C11H15N3O2/c1-8-3-2-6-14(7-8)10-9(11(15)16)12-4-5-13-10/h4-5,8H,2-3,6-7H2,1H3,(H,15,16). The zero-order valence-corrected chi connectivity index (χ0v) is 9.26. The van der Waals surface area contributed by atoms with E-state index in [1.807, 2.05) is 4.90 Å². The van der Waals surface area contributed by atoms with E-state index in [1.165, 1.54) is 12.6 Å². The maximum absolute atomic E-state index is 11.0. The molecular weight excluding hydrogens is 206 g/mol. The minimum atomic E-state index is -1.01. The first-order valence-corrected chi connectivity index (χ1v) is 5.47. The van der Waals surface area contributed by atoms with E-state index in [0.717, 1.165) is 19.5 Å². The summed E-state index contributed by atoms with van der Waals surface area (Å²) < 4.78 is 0. The van der Waals surface area contributed by atoms with Crippen LogP contribution in [0, 0.1) is 5.92 Å². The SMILES string of the molecule is CC1CCCN(c2nccnc2C(=O)O)C1. The van der Waals surface area contributed by atoms with Gasteiger partial charge in [0.25, 0.3) is 0 Å². The Bertz CT molecular complexity index is 395. The lowest BCUT2D eigenvalue weighted by atomic mass is 10.0. The van der Waals surface area contributed by atoms with E-state index in [2.05, 4.69) is 16.9 Å². The summed E-state index contributed by atoms with van der Waals surface area (Å²) in [5.74, 6) is 0.0697. The molecule has 0 spiro atoms. The highest BCUT2D eigenvalue weighted by Gasteiger charge is 2.22. The summed E-state index contributed by atoms with van der Waals surface area (Å²) in [4.78, 5) is 21.1. The summed E-state index contributed by atoms with van der Waals surface area (Å²) in [7, 11) is 0. The minimum Gasteiger partial charge on any atom is -0.476 e. The monoisotopic (exact) mass is 221 g/mol. The van der Waals surface area contributed by atoms with Crippen molar-refractivity contribution in [2.45, 2.75) is 19.8 Å². The summed E-state index contributed by atoms with van der Waals surface area (Å²) in [5.41, 5.74) is 0.0524. The molecule has 0 saturated carbocycles. The van der Waals surface area contributed by atoms with Gasteiger partial charge < -0.3 is 10.0 Å². The van der Waals surface area contributed by atoms with Crippen LogP contribution in [0.3, 0.4) is 0 Å². The molecule has 1 aliphatic heterocycles. The maximum atomic E-state index is 11.0. The molecule has 1 N–H and O–H groups in total. The molecule has 1 aromatic heterocycles. The number of aromatic carboxylic acids is 1. The van der Waals surface area contributed by atoms with E-state index >= 15 is 0 Å². The van der Waals surface area contributed by atoms with E-state index in [1.54, 1.807) is 6.20 Å². The van der Waals surface area contributed by atoms with Crippen LogP contribution in [-0.2, 0) is 0 Å². The Hall–Kier alpha value is -1.65. The third-order valence-corrected chi connectivity index (χ3v) is 2.84. The second-order valence-electron chi connectivity index (χ2n) is 4.23. The van der Waals surface area contributed by atoms with Crippen LogP contribution in [-0.4, -0.2) is 34.1 Å². The molecule has 0 bridgehead atoms.